The van der Waals surface area contributed by atoms with Gasteiger partial charge in [-0.3, -0.25) is 4.79 Å². The van der Waals surface area contributed by atoms with E-state index in [0.717, 1.165) is 32.3 Å². The number of hydrogen-bond acceptors (Lipinski definition) is 5. The van der Waals surface area contributed by atoms with E-state index in [-0.39, 0.29) is 12.5 Å². The summed E-state index contributed by atoms with van der Waals surface area (Å²) in [6.45, 7) is 0.511. The number of rotatable bonds is 10. The van der Waals surface area contributed by atoms with Gasteiger partial charge in [0.05, 0.1) is 6.61 Å². The van der Waals surface area contributed by atoms with Crippen LogP contribution in [-0.2, 0) is 16.0 Å². The van der Waals surface area contributed by atoms with Crippen molar-refractivity contribution in [3.8, 4) is 16.9 Å². The Morgan fingerprint density at radius 1 is 0.902 bits per heavy atom. The topological polar surface area (TPSA) is 71.4 Å². The number of halogens is 1. The van der Waals surface area contributed by atoms with Gasteiger partial charge in [-0.25, -0.2) is 4.99 Å². The van der Waals surface area contributed by atoms with Crippen LogP contribution < -0.4 is 4.74 Å². The highest BCUT2D eigenvalue weighted by Crippen LogP contribution is 2.44. The normalized spacial score (nSPS) is 18.0. The van der Waals surface area contributed by atoms with Crippen LogP contribution in [0.2, 0.25) is 0 Å². The molecule has 0 aromatic heterocycles. The molecule has 5 rings (SSSR count). The number of aliphatic hydroxyl groups excluding tert-OH is 1. The largest absolute Gasteiger partial charge is 0.494 e. The molecule has 4 aromatic carbocycles. The average molecular weight is 614 g/mol. The van der Waals surface area contributed by atoms with Crippen LogP contribution in [0.5, 0.6) is 5.75 Å². The fourth-order valence-corrected chi connectivity index (χ4v) is 5.49. The highest BCUT2D eigenvalue weighted by Gasteiger charge is 2.54. The molecule has 1 N–H and O–H groups in total. The fourth-order valence-electron chi connectivity index (χ4n) is 5.07. The highest BCUT2D eigenvalue weighted by atomic mass is 79.9. The summed E-state index contributed by atoms with van der Waals surface area (Å²) in [5.41, 5.74) is 3.57. The Kier molecular flexibility index (Phi) is 8.86. The van der Waals surface area contributed by atoms with E-state index in [9.17, 15) is 4.79 Å². The Hall–Kier alpha value is -3.94. The number of amides is 1. The maximum atomic E-state index is 14.1. The highest BCUT2D eigenvalue weighted by molar-refractivity contribution is 9.10. The molecule has 0 saturated heterocycles. The average Bonchev–Trinajstić information content (AvgIpc) is 3.39. The minimum atomic E-state index is -1.23. The molecule has 7 heteroatoms. The third-order valence-electron chi connectivity index (χ3n) is 7.15. The standard InChI is InChI=1S/C34H33BrN2O4/c1-37(2)33(39)34(23-28-11-6-7-12-30(28)35)31(26-15-13-25(14-16-26)24-9-4-3-5-10-24)41-32(36-34)27-17-19-29(20-18-27)40-22-8-21-38/h3-7,9-20,31,38H,8,21-23H2,1-2H3/t31-,34-/m1/s1. The zero-order valence-electron chi connectivity index (χ0n) is 23.2. The van der Waals surface area contributed by atoms with Crippen molar-refractivity contribution < 1.29 is 19.4 Å². The van der Waals surface area contributed by atoms with E-state index >= 15 is 0 Å². The Bertz CT molecular complexity index is 1500. The van der Waals surface area contributed by atoms with E-state index in [1.807, 2.05) is 78.9 Å². The minimum Gasteiger partial charge on any atom is -0.494 e. The molecule has 1 aliphatic rings. The SMILES string of the molecule is CN(C)C(=O)[C@]1(Cc2ccccc2Br)N=C(c2ccc(OCCCO)cc2)O[C@@H]1c1ccc(-c2ccccc2)cc1. The second-order valence-electron chi connectivity index (χ2n) is 10.2. The molecule has 0 unspecified atom stereocenters. The summed E-state index contributed by atoms with van der Waals surface area (Å²) >= 11 is 3.68. The molecule has 0 saturated carbocycles. The van der Waals surface area contributed by atoms with Crippen LogP contribution in [0.1, 0.15) is 29.2 Å². The molecule has 0 bridgehead atoms. The maximum Gasteiger partial charge on any atom is 0.254 e. The summed E-state index contributed by atoms with van der Waals surface area (Å²) in [5.74, 6) is 0.966. The lowest BCUT2D eigenvalue weighted by atomic mass is 9.81. The van der Waals surface area contributed by atoms with Crippen LogP contribution in [0.3, 0.4) is 0 Å². The zero-order chi connectivity index (χ0) is 28.8. The second-order valence-corrected chi connectivity index (χ2v) is 11.1. The van der Waals surface area contributed by atoms with Gasteiger partial charge in [0.25, 0.3) is 5.91 Å². The monoisotopic (exact) mass is 612 g/mol. The van der Waals surface area contributed by atoms with Crippen molar-refractivity contribution in [1.29, 1.82) is 0 Å². The van der Waals surface area contributed by atoms with Crippen molar-refractivity contribution in [2.24, 2.45) is 4.99 Å². The van der Waals surface area contributed by atoms with Crippen molar-refractivity contribution >= 4 is 27.7 Å². The third-order valence-corrected chi connectivity index (χ3v) is 7.93. The molecule has 0 spiro atoms. The van der Waals surface area contributed by atoms with Crippen LogP contribution in [0.25, 0.3) is 11.1 Å². The van der Waals surface area contributed by atoms with Gasteiger partial charge in [0.1, 0.15) is 5.75 Å². The molecule has 0 radical (unpaired) electrons. The molecule has 2 atom stereocenters. The number of benzene rings is 4. The van der Waals surface area contributed by atoms with Gasteiger partial charge in [-0.2, -0.15) is 0 Å². The van der Waals surface area contributed by atoms with Crippen LogP contribution in [0.15, 0.2) is 113 Å². The van der Waals surface area contributed by atoms with E-state index in [1.54, 1.807) is 19.0 Å². The Morgan fingerprint density at radius 3 is 2.20 bits per heavy atom. The smallest absolute Gasteiger partial charge is 0.254 e. The summed E-state index contributed by atoms with van der Waals surface area (Å²) in [4.78, 5) is 20.8. The lowest BCUT2D eigenvalue weighted by Crippen LogP contribution is -2.49. The maximum absolute atomic E-state index is 14.1. The first-order valence-electron chi connectivity index (χ1n) is 13.6. The number of aliphatic hydroxyl groups is 1. The molecule has 210 valence electrons. The lowest BCUT2D eigenvalue weighted by Gasteiger charge is -2.33. The van der Waals surface area contributed by atoms with Crippen molar-refractivity contribution in [1.82, 2.24) is 4.90 Å². The summed E-state index contributed by atoms with van der Waals surface area (Å²) in [5, 5.41) is 9.03. The number of carbonyl (C=O) groups excluding carboxylic acids is 1. The summed E-state index contributed by atoms with van der Waals surface area (Å²) in [6.07, 6.45) is 0.263. The first-order valence-corrected chi connectivity index (χ1v) is 14.4. The molecule has 6 nitrogen and oxygen atoms in total. The van der Waals surface area contributed by atoms with Crippen LogP contribution in [-0.4, -0.2) is 54.7 Å². The number of hydrogen-bond donors (Lipinski definition) is 1. The zero-order valence-corrected chi connectivity index (χ0v) is 24.8. The summed E-state index contributed by atoms with van der Waals surface area (Å²) in [6, 6.07) is 33.8. The van der Waals surface area contributed by atoms with Gasteiger partial charge >= 0.3 is 0 Å². The Balaban J connectivity index is 1.57. The quantitative estimate of drug-likeness (QED) is 0.208. The number of ether oxygens (including phenoxy) is 2. The first-order chi connectivity index (χ1) is 19.9. The summed E-state index contributed by atoms with van der Waals surface area (Å²) in [7, 11) is 3.51. The van der Waals surface area contributed by atoms with Crippen LogP contribution >= 0.6 is 15.9 Å². The van der Waals surface area contributed by atoms with Crippen LogP contribution in [0.4, 0.5) is 0 Å². The van der Waals surface area contributed by atoms with E-state index < -0.39 is 11.6 Å². The van der Waals surface area contributed by atoms with Gasteiger partial charge in [-0.1, -0.05) is 88.7 Å². The molecule has 0 aliphatic carbocycles. The van der Waals surface area contributed by atoms with E-state index in [0.29, 0.717) is 31.1 Å². The van der Waals surface area contributed by atoms with Gasteiger partial charge in [0.15, 0.2) is 11.6 Å². The van der Waals surface area contributed by atoms with E-state index in [4.69, 9.17) is 19.6 Å². The van der Waals surface area contributed by atoms with Crippen molar-refractivity contribution in [3.05, 3.63) is 124 Å². The van der Waals surface area contributed by atoms with Crippen molar-refractivity contribution in [3.63, 3.8) is 0 Å². The minimum absolute atomic E-state index is 0.0793. The second kappa shape index (κ2) is 12.7. The van der Waals surface area contributed by atoms with Gasteiger partial charge < -0.3 is 19.5 Å². The first kappa shape index (κ1) is 28.6. The molecule has 41 heavy (non-hydrogen) atoms. The molecule has 0 fully saturated rings. The van der Waals surface area contributed by atoms with E-state index in [2.05, 4.69) is 40.2 Å². The predicted octanol–water partition coefficient (Wildman–Crippen LogP) is 6.47. The molecular formula is C34H33BrN2O4. The Morgan fingerprint density at radius 2 is 1.54 bits per heavy atom. The Labute approximate surface area is 249 Å². The predicted molar refractivity (Wildman–Crippen MR) is 165 cm³/mol. The number of likely N-dealkylation sites (N-methyl/N-ethyl adjacent to an activating group) is 1. The molecular weight excluding hydrogens is 580 g/mol. The van der Waals surface area contributed by atoms with Crippen molar-refractivity contribution in [2.45, 2.75) is 24.5 Å². The van der Waals surface area contributed by atoms with E-state index in [1.165, 1.54) is 0 Å². The third kappa shape index (κ3) is 6.21. The van der Waals surface area contributed by atoms with Gasteiger partial charge in [0, 0.05) is 43.6 Å². The molecule has 1 aliphatic heterocycles. The van der Waals surface area contributed by atoms with Crippen molar-refractivity contribution in [2.75, 3.05) is 27.3 Å². The molecule has 1 heterocycles. The number of aliphatic imine (C=N–C) groups is 1. The molecule has 4 aromatic rings. The number of carbonyl (C=O) groups is 1. The van der Waals surface area contributed by atoms with Gasteiger partial charge in [-0.15, -0.1) is 0 Å². The lowest BCUT2D eigenvalue weighted by molar-refractivity contribution is -0.137. The fraction of sp³-hybridized carbons (Fsp3) is 0.235. The van der Waals surface area contributed by atoms with Crippen LogP contribution in [0, 0.1) is 0 Å². The van der Waals surface area contributed by atoms with Gasteiger partial charge in [0.2, 0.25) is 5.90 Å². The summed E-state index contributed by atoms with van der Waals surface area (Å²) < 4.78 is 13.2. The van der Waals surface area contributed by atoms with Gasteiger partial charge in [-0.05, 0) is 52.6 Å². The number of nitrogens with zero attached hydrogens (tertiary/aromatic N) is 2. The molecule has 1 amide bonds.